The number of benzene rings is 1. The molecule has 19 heavy (non-hydrogen) atoms. The number of carbonyl (C=O) groups excluding carboxylic acids is 1. The quantitative estimate of drug-likeness (QED) is 0.780. The second-order valence-corrected chi connectivity index (χ2v) is 5.39. The standard InChI is InChI=1S/C16H23NO2/c1-3-13-19-15(18)16(9-11-17(2)12-10-16)14-7-5-4-6-8-14/h4-8H,3,9-13H2,1-2H3. The zero-order valence-electron chi connectivity index (χ0n) is 11.9. The van der Waals surface area contributed by atoms with E-state index in [9.17, 15) is 4.79 Å². The molecule has 1 aromatic rings. The maximum Gasteiger partial charge on any atom is 0.316 e. The molecule has 0 atom stereocenters. The summed E-state index contributed by atoms with van der Waals surface area (Å²) in [6.07, 6.45) is 2.56. The molecule has 0 N–H and O–H groups in total. The molecule has 2 rings (SSSR count). The van der Waals surface area contributed by atoms with E-state index in [4.69, 9.17) is 4.74 Å². The molecule has 104 valence electrons. The van der Waals surface area contributed by atoms with Crippen LogP contribution < -0.4 is 0 Å². The van der Waals surface area contributed by atoms with Crippen LogP contribution in [0.25, 0.3) is 0 Å². The normalized spacial score (nSPS) is 19.1. The third kappa shape index (κ3) is 2.98. The largest absolute Gasteiger partial charge is 0.465 e. The number of piperidine rings is 1. The highest BCUT2D eigenvalue weighted by Gasteiger charge is 2.43. The highest BCUT2D eigenvalue weighted by atomic mass is 16.5. The van der Waals surface area contributed by atoms with Gasteiger partial charge in [0.2, 0.25) is 0 Å². The zero-order chi connectivity index (χ0) is 13.7. The topological polar surface area (TPSA) is 29.5 Å². The van der Waals surface area contributed by atoms with E-state index in [1.54, 1.807) is 0 Å². The van der Waals surface area contributed by atoms with E-state index in [2.05, 4.69) is 24.1 Å². The molecule has 1 saturated heterocycles. The van der Waals surface area contributed by atoms with Gasteiger partial charge < -0.3 is 9.64 Å². The lowest BCUT2D eigenvalue weighted by Gasteiger charge is -2.39. The average molecular weight is 261 g/mol. The van der Waals surface area contributed by atoms with Gasteiger partial charge in [-0.2, -0.15) is 0 Å². The lowest BCUT2D eigenvalue weighted by Crippen LogP contribution is -2.47. The predicted molar refractivity (Wildman–Crippen MR) is 76.1 cm³/mol. The van der Waals surface area contributed by atoms with Crippen LogP contribution in [0, 0.1) is 0 Å². The molecule has 0 bridgehead atoms. The number of likely N-dealkylation sites (tertiary alicyclic amines) is 1. The van der Waals surface area contributed by atoms with Crippen LogP contribution in [0.2, 0.25) is 0 Å². The number of rotatable bonds is 4. The SMILES string of the molecule is CCCOC(=O)C1(c2ccccc2)CCN(C)CC1. The lowest BCUT2D eigenvalue weighted by molar-refractivity contribution is -0.152. The molecule has 0 spiro atoms. The summed E-state index contributed by atoms with van der Waals surface area (Å²) < 4.78 is 5.47. The minimum atomic E-state index is -0.442. The van der Waals surface area contributed by atoms with Gasteiger partial charge in [-0.15, -0.1) is 0 Å². The Balaban J connectivity index is 2.26. The van der Waals surface area contributed by atoms with Crippen LogP contribution in [0.3, 0.4) is 0 Å². The molecule has 1 heterocycles. The van der Waals surface area contributed by atoms with Gasteiger partial charge in [-0.25, -0.2) is 0 Å². The molecule has 0 aromatic heterocycles. The first-order chi connectivity index (χ1) is 9.19. The number of carbonyl (C=O) groups is 1. The summed E-state index contributed by atoms with van der Waals surface area (Å²) in [6.45, 7) is 4.42. The molecule has 1 aromatic carbocycles. The average Bonchev–Trinajstić information content (AvgIpc) is 2.47. The molecule has 1 aliphatic rings. The Morgan fingerprint density at radius 3 is 2.47 bits per heavy atom. The number of esters is 1. The number of nitrogens with zero attached hydrogens (tertiary/aromatic N) is 1. The van der Waals surface area contributed by atoms with Gasteiger partial charge in [0.25, 0.3) is 0 Å². The zero-order valence-corrected chi connectivity index (χ0v) is 11.9. The highest BCUT2D eigenvalue weighted by molar-refractivity contribution is 5.83. The Hall–Kier alpha value is -1.35. The van der Waals surface area contributed by atoms with E-state index in [1.807, 2.05) is 25.1 Å². The van der Waals surface area contributed by atoms with Crippen LogP contribution in [-0.4, -0.2) is 37.6 Å². The number of hydrogen-bond donors (Lipinski definition) is 0. The first kappa shape index (κ1) is 14.1. The molecule has 1 fully saturated rings. The van der Waals surface area contributed by atoms with Gasteiger partial charge >= 0.3 is 5.97 Å². The second-order valence-electron chi connectivity index (χ2n) is 5.39. The van der Waals surface area contributed by atoms with E-state index < -0.39 is 5.41 Å². The molecule has 0 unspecified atom stereocenters. The van der Waals surface area contributed by atoms with Crippen molar-refractivity contribution in [2.45, 2.75) is 31.6 Å². The molecular formula is C16H23NO2. The number of hydrogen-bond acceptors (Lipinski definition) is 3. The molecule has 0 saturated carbocycles. The van der Waals surface area contributed by atoms with Crippen molar-refractivity contribution in [1.82, 2.24) is 4.90 Å². The van der Waals surface area contributed by atoms with E-state index in [0.717, 1.165) is 37.9 Å². The molecule has 0 radical (unpaired) electrons. The van der Waals surface area contributed by atoms with Crippen LogP contribution in [0.4, 0.5) is 0 Å². The van der Waals surface area contributed by atoms with Gasteiger partial charge in [-0.05, 0) is 45.0 Å². The van der Waals surface area contributed by atoms with E-state index in [-0.39, 0.29) is 5.97 Å². The molecule has 3 heteroatoms. The number of ether oxygens (including phenoxy) is 1. The Kier molecular flexibility index (Phi) is 4.59. The van der Waals surface area contributed by atoms with E-state index >= 15 is 0 Å². The van der Waals surface area contributed by atoms with Crippen molar-refractivity contribution in [1.29, 1.82) is 0 Å². The van der Waals surface area contributed by atoms with Gasteiger partial charge in [0.15, 0.2) is 0 Å². The third-order valence-electron chi connectivity index (χ3n) is 3.99. The highest BCUT2D eigenvalue weighted by Crippen LogP contribution is 2.36. The van der Waals surface area contributed by atoms with E-state index in [0.29, 0.717) is 6.61 Å². The fourth-order valence-electron chi connectivity index (χ4n) is 2.70. The van der Waals surface area contributed by atoms with Crippen molar-refractivity contribution in [2.24, 2.45) is 0 Å². The monoisotopic (exact) mass is 261 g/mol. The van der Waals surface area contributed by atoms with E-state index in [1.165, 1.54) is 0 Å². The van der Waals surface area contributed by atoms with Gasteiger partial charge in [0.1, 0.15) is 0 Å². The molecule has 0 amide bonds. The first-order valence-corrected chi connectivity index (χ1v) is 7.10. The van der Waals surface area contributed by atoms with Crippen molar-refractivity contribution in [3.8, 4) is 0 Å². The molecule has 0 aliphatic carbocycles. The van der Waals surface area contributed by atoms with Crippen LogP contribution in [0.5, 0.6) is 0 Å². The smallest absolute Gasteiger partial charge is 0.316 e. The molecule has 1 aliphatic heterocycles. The van der Waals surface area contributed by atoms with Crippen LogP contribution in [-0.2, 0) is 14.9 Å². The Morgan fingerprint density at radius 2 is 1.89 bits per heavy atom. The van der Waals surface area contributed by atoms with Gasteiger partial charge in [0, 0.05) is 0 Å². The van der Waals surface area contributed by atoms with Crippen molar-refractivity contribution in [3.63, 3.8) is 0 Å². The summed E-state index contributed by atoms with van der Waals surface area (Å²) in [5.74, 6) is -0.0475. The predicted octanol–water partition coefficient (Wildman–Crippen LogP) is 2.60. The summed E-state index contributed by atoms with van der Waals surface area (Å²) in [7, 11) is 2.10. The second kappa shape index (κ2) is 6.20. The Bertz CT molecular complexity index is 408. The summed E-state index contributed by atoms with van der Waals surface area (Å²) in [4.78, 5) is 14.8. The maximum absolute atomic E-state index is 12.5. The van der Waals surface area contributed by atoms with Crippen molar-refractivity contribution in [3.05, 3.63) is 35.9 Å². The van der Waals surface area contributed by atoms with Crippen molar-refractivity contribution >= 4 is 5.97 Å². The fraction of sp³-hybridized carbons (Fsp3) is 0.562. The maximum atomic E-state index is 12.5. The van der Waals surface area contributed by atoms with Gasteiger partial charge in [0.05, 0.1) is 12.0 Å². The van der Waals surface area contributed by atoms with Crippen molar-refractivity contribution in [2.75, 3.05) is 26.7 Å². The first-order valence-electron chi connectivity index (χ1n) is 7.10. The Morgan fingerprint density at radius 1 is 1.26 bits per heavy atom. The molecule has 3 nitrogen and oxygen atoms in total. The van der Waals surface area contributed by atoms with Crippen LogP contribution >= 0.6 is 0 Å². The minimum Gasteiger partial charge on any atom is -0.465 e. The summed E-state index contributed by atoms with van der Waals surface area (Å²) in [6, 6.07) is 10.1. The minimum absolute atomic E-state index is 0.0475. The van der Waals surface area contributed by atoms with Crippen LogP contribution in [0.15, 0.2) is 30.3 Å². The van der Waals surface area contributed by atoms with Gasteiger partial charge in [-0.1, -0.05) is 37.3 Å². The van der Waals surface area contributed by atoms with Crippen LogP contribution in [0.1, 0.15) is 31.7 Å². The summed E-state index contributed by atoms with van der Waals surface area (Å²) in [5.41, 5.74) is 0.660. The van der Waals surface area contributed by atoms with Crippen molar-refractivity contribution < 1.29 is 9.53 Å². The summed E-state index contributed by atoms with van der Waals surface area (Å²) in [5, 5.41) is 0. The third-order valence-corrected chi connectivity index (χ3v) is 3.99. The Labute approximate surface area is 115 Å². The van der Waals surface area contributed by atoms with Gasteiger partial charge in [-0.3, -0.25) is 4.79 Å². The summed E-state index contributed by atoms with van der Waals surface area (Å²) >= 11 is 0. The molecular weight excluding hydrogens is 238 g/mol. The fourth-order valence-corrected chi connectivity index (χ4v) is 2.70. The lowest BCUT2D eigenvalue weighted by atomic mass is 9.73.